The van der Waals surface area contributed by atoms with Crippen molar-refractivity contribution in [2.75, 3.05) is 6.54 Å². The van der Waals surface area contributed by atoms with Gasteiger partial charge in [0.1, 0.15) is 0 Å². The predicted octanol–water partition coefficient (Wildman–Crippen LogP) is 2.31. The molecule has 1 amide bonds. The molecule has 1 aliphatic heterocycles. The Kier molecular flexibility index (Phi) is 3.42. The molecule has 0 spiro atoms. The maximum Gasteiger partial charge on any atom is 0.407 e. The highest BCUT2D eigenvalue weighted by molar-refractivity contribution is 5.65. The number of amides is 1. The number of hydrogen-bond donors (Lipinski definition) is 2. The summed E-state index contributed by atoms with van der Waals surface area (Å²) in [6.07, 6.45) is 2.41. The van der Waals surface area contributed by atoms with Crippen LogP contribution < -0.4 is 5.32 Å². The highest BCUT2D eigenvalue weighted by Crippen LogP contribution is 2.36. The van der Waals surface area contributed by atoms with Crippen LogP contribution in [0.15, 0.2) is 30.3 Å². The fourth-order valence-electron chi connectivity index (χ4n) is 3.62. The van der Waals surface area contributed by atoms with E-state index in [1.165, 1.54) is 0 Å². The van der Waals surface area contributed by atoms with Crippen LogP contribution in [0, 0.1) is 5.92 Å². The van der Waals surface area contributed by atoms with Crippen molar-refractivity contribution in [3.63, 3.8) is 0 Å². The van der Waals surface area contributed by atoms with Gasteiger partial charge in [0.2, 0.25) is 0 Å². The molecule has 1 saturated carbocycles. The third-order valence-corrected chi connectivity index (χ3v) is 4.51. The lowest BCUT2D eigenvalue weighted by Crippen LogP contribution is -2.42. The van der Waals surface area contributed by atoms with Crippen molar-refractivity contribution < 1.29 is 9.90 Å². The number of nitrogens with zero attached hydrogens (tertiary/aromatic N) is 1. The van der Waals surface area contributed by atoms with Gasteiger partial charge in [0.15, 0.2) is 0 Å². The second kappa shape index (κ2) is 5.21. The van der Waals surface area contributed by atoms with E-state index in [1.54, 1.807) is 4.90 Å². The summed E-state index contributed by atoms with van der Waals surface area (Å²) in [6.45, 7) is 1.54. The largest absolute Gasteiger partial charge is 0.465 e. The second-order valence-electron chi connectivity index (χ2n) is 5.55. The Hall–Kier alpha value is -1.55. The predicted molar refractivity (Wildman–Crippen MR) is 72.9 cm³/mol. The van der Waals surface area contributed by atoms with Crippen LogP contribution in [0.5, 0.6) is 0 Å². The molecule has 0 aromatic heterocycles. The molecular weight excluding hydrogens is 240 g/mol. The van der Waals surface area contributed by atoms with Crippen LogP contribution in [0.1, 0.15) is 24.8 Å². The van der Waals surface area contributed by atoms with E-state index < -0.39 is 6.09 Å². The van der Waals surface area contributed by atoms with Crippen molar-refractivity contribution in [1.29, 1.82) is 0 Å². The van der Waals surface area contributed by atoms with Gasteiger partial charge in [-0.1, -0.05) is 30.3 Å². The van der Waals surface area contributed by atoms with E-state index in [0.29, 0.717) is 18.5 Å². The Morgan fingerprint density at radius 3 is 2.79 bits per heavy atom. The van der Waals surface area contributed by atoms with E-state index >= 15 is 0 Å². The first-order valence-corrected chi connectivity index (χ1v) is 7.02. The maximum atomic E-state index is 11.6. The molecule has 19 heavy (non-hydrogen) atoms. The van der Waals surface area contributed by atoms with Gasteiger partial charge in [-0.2, -0.15) is 0 Å². The molecular formula is C15H20N2O2. The molecule has 2 aliphatic rings. The van der Waals surface area contributed by atoms with E-state index in [2.05, 4.69) is 5.32 Å². The number of carbonyl (C=O) groups is 1. The summed E-state index contributed by atoms with van der Waals surface area (Å²) >= 11 is 0. The lowest BCUT2D eigenvalue weighted by molar-refractivity contribution is 0.107. The summed E-state index contributed by atoms with van der Waals surface area (Å²) in [7, 11) is 0. The van der Waals surface area contributed by atoms with E-state index in [1.807, 2.05) is 30.3 Å². The lowest BCUT2D eigenvalue weighted by atomic mass is 9.98. The van der Waals surface area contributed by atoms with Crippen molar-refractivity contribution in [3.8, 4) is 0 Å². The first-order valence-electron chi connectivity index (χ1n) is 7.02. The number of rotatable bonds is 3. The van der Waals surface area contributed by atoms with Crippen molar-refractivity contribution in [1.82, 2.24) is 10.2 Å². The number of fused-ring (bicyclic) bond motifs is 1. The van der Waals surface area contributed by atoms with E-state index in [4.69, 9.17) is 0 Å². The van der Waals surface area contributed by atoms with Crippen LogP contribution in [-0.2, 0) is 6.54 Å². The SMILES string of the molecule is O=C(O)N(Cc1ccccc1)C1CCC2NCCC21. The van der Waals surface area contributed by atoms with Gasteiger partial charge >= 0.3 is 6.09 Å². The maximum absolute atomic E-state index is 11.6. The van der Waals surface area contributed by atoms with E-state index in [-0.39, 0.29) is 6.04 Å². The van der Waals surface area contributed by atoms with Crippen LogP contribution in [-0.4, -0.2) is 34.7 Å². The zero-order valence-corrected chi connectivity index (χ0v) is 11.0. The Morgan fingerprint density at radius 1 is 1.26 bits per heavy atom. The summed E-state index contributed by atoms with van der Waals surface area (Å²) in [6, 6.07) is 10.6. The van der Waals surface area contributed by atoms with Crippen molar-refractivity contribution >= 4 is 6.09 Å². The minimum Gasteiger partial charge on any atom is -0.465 e. The van der Waals surface area contributed by atoms with Gasteiger partial charge in [-0.25, -0.2) is 4.79 Å². The summed E-state index contributed by atoms with van der Waals surface area (Å²) < 4.78 is 0. The van der Waals surface area contributed by atoms with E-state index in [0.717, 1.165) is 31.4 Å². The van der Waals surface area contributed by atoms with Gasteiger partial charge in [0, 0.05) is 18.6 Å². The van der Waals surface area contributed by atoms with Crippen LogP contribution in [0.3, 0.4) is 0 Å². The Bertz CT molecular complexity index is 449. The van der Waals surface area contributed by atoms with Gasteiger partial charge in [0.05, 0.1) is 0 Å². The fraction of sp³-hybridized carbons (Fsp3) is 0.533. The van der Waals surface area contributed by atoms with Crippen LogP contribution in [0.4, 0.5) is 4.79 Å². The highest BCUT2D eigenvalue weighted by Gasteiger charge is 2.43. The third kappa shape index (κ3) is 2.45. The normalized spacial score (nSPS) is 29.2. The van der Waals surface area contributed by atoms with Gasteiger partial charge in [-0.15, -0.1) is 0 Å². The molecule has 1 saturated heterocycles. The molecule has 1 aromatic carbocycles. The Labute approximate surface area is 113 Å². The first-order chi connectivity index (χ1) is 9.25. The third-order valence-electron chi connectivity index (χ3n) is 4.51. The molecule has 1 aromatic rings. The van der Waals surface area contributed by atoms with Gasteiger partial charge in [-0.3, -0.25) is 0 Å². The smallest absolute Gasteiger partial charge is 0.407 e. The molecule has 1 heterocycles. The van der Waals surface area contributed by atoms with Crippen molar-refractivity contribution in [2.45, 2.75) is 37.9 Å². The molecule has 2 fully saturated rings. The standard InChI is InChI=1S/C15H20N2O2/c18-15(19)17(10-11-4-2-1-3-5-11)14-7-6-13-12(14)8-9-16-13/h1-5,12-14,16H,6-10H2,(H,18,19). The van der Waals surface area contributed by atoms with Crippen molar-refractivity contribution in [2.24, 2.45) is 5.92 Å². The summed E-state index contributed by atoms with van der Waals surface area (Å²) in [5.74, 6) is 0.500. The number of hydrogen-bond acceptors (Lipinski definition) is 2. The molecule has 1 aliphatic carbocycles. The molecule has 4 heteroatoms. The second-order valence-corrected chi connectivity index (χ2v) is 5.55. The number of carboxylic acid groups (broad SMARTS) is 1. The Morgan fingerprint density at radius 2 is 2.05 bits per heavy atom. The van der Waals surface area contributed by atoms with Gasteiger partial charge in [0.25, 0.3) is 0 Å². The first kappa shape index (κ1) is 12.5. The molecule has 0 bridgehead atoms. The topological polar surface area (TPSA) is 52.6 Å². The van der Waals surface area contributed by atoms with Crippen LogP contribution >= 0.6 is 0 Å². The fourth-order valence-corrected chi connectivity index (χ4v) is 3.62. The molecule has 2 N–H and O–H groups in total. The summed E-state index contributed by atoms with van der Waals surface area (Å²) in [4.78, 5) is 13.2. The number of benzene rings is 1. The van der Waals surface area contributed by atoms with E-state index in [9.17, 15) is 9.90 Å². The minimum absolute atomic E-state index is 0.178. The van der Waals surface area contributed by atoms with Gasteiger partial charge in [-0.05, 0) is 37.3 Å². The van der Waals surface area contributed by atoms with Crippen molar-refractivity contribution in [3.05, 3.63) is 35.9 Å². The molecule has 0 radical (unpaired) electrons. The minimum atomic E-state index is -0.790. The summed E-state index contributed by atoms with van der Waals surface area (Å²) in [5, 5.41) is 13.0. The monoisotopic (exact) mass is 260 g/mol. The average molecular weight is 260 g/mol. The Balaban J connectivity index is 1.76. The lowest BCUT2D eigenvalue weighted by Gasteiger charge is -2.30. The summed E-state index contributed by atoms with van der Waals surface area (Å²) in [5.41, 5.74) is 1.07. The quantitative estimate of drug-likeness (QED) is 0.877. The molecule has 3 atom stereocenters. The van der Waals surface area contributed by atoms with Crippen LogP contribution in [0.25, 0.3) is 0 Å². The van der Waals surface area contributed by atoms with Crippen LogP contribution in [0.2, 0.25) is 0 Å². The average Bonchev–Trinajstić information content (AvgIpc) is 3.00. The zero-order valence-electron chi connectivity index (χ0n) is 11.0. The molecule has 3 rings (SSSR count). The molecule has 4 nitrogen and oxygen atoms in total. The highest BCUT2D eigenvalue weighted by atomic mass is 16.4. The number of nitrogens with one attached hydrogen (secondary N) is 1. The van der Waals surface area contributed by atoms with Gasteiger partial charge < -0.3 is 15.3 Å². The molecule has 3 unspecified atom stereocenters. The molecule has 102 valence electrons. The zero-order chi connectivity index (χ0) is 13.2.